The highest BCUT2D eigenvalue weighted by molar-refractivity contribution is 5.07. The van der Waals surface area contributed by atoms with Crippen LogP contribution >= 0.6 is 0 Å². The first-order valence-corrected chi connectivity index (χ1v) is 8.57. The van der Waals surface area contributed by atoms with Crippen molar-refractivity contribution in [3.05, 3.63) is 23.8 Å². The maximum Gasteiger partial charge on any atom is 0.130 e. The molecule has 5 nitrogen and oxygen atoms in total. The van der Waals surface area contributed by atoms with E-state index in [9.17, 15) is 0 Å². The van der Waals surface area contributed by atoms with Gasteiger partial charge in [0.1, 0.15) is 5.82 Å². The van der Waals surface area contributed by atoms with Gasteiger partial charge >= 0.3 is 0 Å². The first-order chi connectivity index (χ1) is 10.7. The Morgan fingerprint density at radius 2 is 1.73 bits per heavy atom. The van der Waals surface area contributed by atoms with Gasteiger partial charge < -0.3 is 4.74 Å². The van der Waals surface area contributed by atoms with E-state index in [0.717, 1.165) is 44.7 Å². The quantitative estimate of drug-likeness (QED) is 0.850. The minimum atomic E-state index is 0.401. The minimum Gasteiger partial charge on any atom is -0.379 e. The summed E-state index contributed by atoms with van der Waals surface area (Å²) in [5.74, 6) is 1.34. The van der Waals surface area contributed by atoms with Crippen LogP contribution in [0.1, 0.15) is 44.0 Å². The lowest BCUT2D eigenvalue weighted by Gasteiger charge is -2.40. The molecule has 0 spiro atoms. The van der Waals surface area contributed by atoms with E-state index in [1.807, 2.05) is 12.4 Å². The molecule has 122 valence electrons. The van der Waals surface area contributed by atoms with E-state index in [-0.39, 0.29) is 0 Å². The molecule has 22 heavy (non-hydrogen) atoms. The van der Waals surface area contributed by atoms with E-state index in [2.05, 4.69) is 33.6 Å². The van der Waals surface area contributed by atoms with Crippen molar-refractivity contribution >= 4 is 0 Å². The molecule has 2 fully saturated rings. The second-order valence-electron chi connectivity index (χ2n) is 6.76. The van der Waals surface area contributed by atoms with Crippen molar-refractivity contribution < 1.29 is 4.74 Å². The largest absolute Gasteiger partial charge is 0.379 e. The topological polar surface area (TPSA) is 41.5 Å². The Hall–Kier alpha value is -1.04. The van der Waals surface area contributed by atoms with E-state index in [0.29, 0.717) is 5.92 Å². The highest BCUT2D eigenvalue weighted by Crippen LogP contribution is 2.19. The molecule has 3 heterocycles. The fourth-order valence-electron chi connectivity index (χ4n) is 3.39. The molecule has 2 aliphatic heterocycles. The molecule has 2 aliphatic rings. The van der Waals surface area contributed by atoms with Crippen molar-refractivity contribution in [2.24, 2.45) is 0 Å². The lowest BCUT2D eigenvalue weighted by atomic mass is 10.0. The van der Waals surface area contributed by atoms with Crippen LogP contribution in [0.15, 0.2) is 12.4 Å². The van der Waals surface area contributed by atoms with Gasteiger partial charge in [0.15, 0.2) is 0 Å². The Labute approximate surface area is 133 Å². The van der Waals surface area contributed by atoms with Gasteiger partial charge in [-0.05, 0) is 25.9 Å². The number of aromatic nitrogens is 2. The van der Waals surface area contributed by atoms with Gasteiger partial charge in [-0.3, -0.25) is 9.80 Å². The number of ether oxygens (including phenoxy) is 1. The van der Waals surface area contributed by atoms with Crippen LogP contribution in [0.5, 0.6) is 0 Å². The number of hydrogen-bond acceptors (Lipinski definition) is 5. The third kappa shape index (κ3) is 4.03. The zero-order chi connectivity index (χ0) is 15.4. The van der Waals surface area contributed by atoms with E-state index in [1.165, 1.54) is 31.5 Å². The van der Waals surface area contributed by atoms with Gasteiger partial charge in [-0.15, -0.1) is 0 Å². The normalized spacial score (nSPS) is 22.3. The van der Waals surface area contributed by atoms with Crippen LogP contribution in [-0.4, -0.2) is 65.2 Å². The molecule has 1 aromatic heterocycles. The van der Waals surface area contributed by atoms with E-state index in [4.69, 9.17) is 4.74 Å². The number of morpholine rings is 1. The van der Waals surface area contributed by atoms with Crippen LogP contribution in [0.2, 0.25) is 0 Å². The van der Waals surface area contributed by atoms with E-state index in [1.54, 1.807) is 0 Å². The average Bonchev–Trinajstić information content (AvgIpc) is 2.57. The summed E-state index contributed by atoms with van der Waals surface area (Å²) in [7, 11) is 0. The van der Waals surface area contributed by atoms with Gasteiger partial charge in [0, 0.05) is 49.6 Å². The van der Waals surface area contributed by atoms with Crippen molar-refractivity contribution in [3.63, 3.8) is 0 Å². The standard InChI is InChI=1S/C17H28N4O/c1-14(2)17-18-11-15(12-19-17)13-20-5-3-16(4-6-20)21-7-9-22-10-8-21/h11-12,14,16H,3-10,13H2,1-2H3. The van der Waals surface area contributed by atoms with Gasteiger partial charge in [0.2, 0.25) is 0 Å². The molecule has 2 saturated heterocycles. The number of nitrogens with zero attached hydrogens (tertiary/aromatic N) is 4. The Kier molecular flexibility index (Phi) is 5.39. The van der Waals surface area contributed by atoms with Crippen LogP contribution < -0.4 is 0 Å². The third-order valence-corrected chi connectivity index (χ3v) is 4.77. The number of piperidine rings is 1. The molecule has 0 saturated carbocycles. The molecule has 0 aliphatic carbocycles. The lowest BCUT2D eigenvalue weighted by Crippen LogP contribution is -2.48. The molecule has 0 atom stereocenters. The van der Waals surface area contributed by atoms with Crippen LogP contribution in [0.25, 0.3) is 0 Å². The van der Waals surface area contributed by atoms with Crippen LogP contribution in [0, 0.1) is 0 Å². The highest BCUT2D eigenvalue weighted by atomic mass is 16.5. The highest BCUT2D eigenvalue weighted by Gasteiger charge is 2.25. The summed E-state index contributed by atoms with van der Waals surface area (Å²) in [6, 6.07) is 0.750. The van der Waals surface area contributed by atoms with Crippen LogP contribution in [-0.2, 0) is 11.3 Å². The predicted molar refractivity (Wildman–Crippen MR) is 86.8 cm³/mol. The van der Waals surface area contributed by atoms with Crippen molar-refractivity contribution in [2.75, 3.05) is 39.4 Å². The smallest absolute Gasteiger partial charge is 0.130 e. The first-order valence-electron chi connectivity index (χ1n) is 8.57. The summed E-state index contributed by atoms with van der Waals surface area (Å²) in [5, 5.41) is 0. The van der Waals surface area contributed by atoms with Gasteiger partial charge in [-0.1, -0.05) is 13.8 Å². The SMILES string of the molecule is CC(C)c1ncc(CN2CCC(N3CCOCC3)CC2)cn1. The molecule has 0 aromatic carbocycles. The zero-order valence-corrected chi connectivity index (χ0v) is 13.9. The zero-order valence-electron chi connectivity index (χ0n) is 13.9. The molecular weight excluding hydrogens is 276 g/mol. The maximum atomic E-state index is 5.45. The third-order valence-electron chi connectivity index (χ3n) is 4.77. The Morgan fingerprint density at radius 1 is 1.09 bits per heavy atom. The second kappa shape index (κ2) is 7.49. The summed E-state index contributed by atoms with van der Waals surface area (Å²) < 4.78 is 5.45. The molecule has 1 aromatic rings. The van der Waals surface area contributed by atoms with Gasteiger partial charge in [-0.25, -0.2) is 9.97 Å². The summed E-state index contributed by atoms with van der Waals surface area (Å²) >= 11 is 0. The fraction of sp³-hybridized carbons (Fsp3) is 0.765. The lowest BCUT2D eigenvalue weighted by molar-refractivity contribution is 0.000214. The predicted octanol–water partition coefficient (Wildman–Crippen LogP) is 1.90. The summed E-state index contributed by atoms with van der Waals surface area (Å²) in [4.78, 5) is 14.1. The van der Waals surface area contributed by atoms with Crippen LogP contribution in [0.3, 0.4) is 0 Å². The van der Waals surface area contributed by atoms with Crippen molar-refractivity contribution in [2.45, 2.75) is 45.2 Å². The Bertz CT molecular complexity index is 448. The molecule has 0 bridgehead atoms. The maximum absolute atomic E-state index is 5.45. The number of likely N-dealkylation sites (tertiary alicyclic amines) is 1. The summed E-state index contributed by atoms with van der Waals surface area (Å²) in [5.41, 5.74) is 1.23. The fourth-order valence-corrected chi connectivity index (χ4v) is 3.39. The van der Waals surface area contributed by atoms with Crippen LogP contribution in [0.4, 0.5) is 0 Å². The molecule has 0 amide bonds. The molecule has 0 unspecified atom stereocenters. The summed E-state index contributed by atoms with van der Waals surface area (Å²) in [6.45, 7) is 11.6. The van der Waals surface area contributed by atoms with Crippen molar-refractivity contribution in [1.82, 2.24) is 19.8 Å². The molecule has 3 rings (SSSR count). The van der Waals surface area contributed by atoms with Gasteiger partial charge in [-0.2, -0.15) is 0 Å². The van der Waals surface area contributed by atoms with Crippen molar-refractivity contribution in [1.29, 1.82) is 0 Å². The monoisotopic (exact) mass is 304 g/mol. The van der Waals surface area contributed by atoms with Gasteiger partial charge in [0.25, 0.3) is 0 Å². The molecule has 0 radical (unpaired) electrons. The Morgan fingerprint density at radius 3 is 2.32 bits per heavy atom. The summed E-state index contributed by atoms with van der Waals surface area (Å²) in [6.07, 6.45) is 6.53. The first kappa shape index (κ1) is 15.8. The average molecular weight is 304 g/mol. The van der Waals surface area contributed by atoms with E-state index < -0.39 is 0 Å². The van der Waals surface area contributed by atoms with Crippen molar-refractivity contribution in [3.8, 4) is 0 Å². The molecule has 5 heteroatoms. The van der Waals surface area contributed by atoms with E-state index >= 15 is 0 Å². The number of hydrogen-bond donors (Lipinski definition) is 0. The number of rotatable bonds is 4. The minimum absolute atomic E-state index is 0.401. The molecular formula is C17H28N4O. The second-order valence-corrected chi connectivity index (χ2v) is 6.76. The Balaban J connectivity index is 1.47. The van der Waals surface area contributed by atoms with Gasteiger partial charge in [0.05, 0.1) is 13.2 Å². The molecule has 0 N–H and O–H groups in total.